The van der Waals surface area contributed by atoms with E-state index in [4.69, 9.17) is 23.2 Å². The summed E-state index contributed by atoms with van der Waals surface area (Å²) in [6.07, 6.45) is 0. The van der Waals surface area contributed by atoms with Crippen molar-refractivity contribution >= 4 is 139 Å². The third-order valence-corrected chi connectivity index (χ3v) is 12.7. The van der Waals surface area contributed by atoms with Gasteiger partial charge in [0.15, 0.2) is 27.9 Å². The fourth-order valence-corrected chi connectivity index (χ4v) is 8.84. The molecule has 0 bridgehead atoms. The Morgan fingerprint density at radius 1 is 0.681 bits per heavy atom. The molecule has 4 aromatic carbocycles. The maximum Gasteiger partial charge on any atom is 1.00 e. The molecular weight excluding hydrogens is 1140 g/mol. The van der Waals surface area contributed by atoms with Crippen LogP contribution >= 0.6 is 47.6 Å². The summed E-state index contributed by atoms with van der Waals surface area (Å²) in [5.74, 6) is -3.21. The van der Waals surface area contributed by atoms with Crippen LogP contribution < -0.4 is 169 Å². The summed E-state index contributed by atoms with van der Waals surface area (Å²) >= 11 is 11.6. The van der Waals surface area contributed by atoms with E-state index in [1.807, 2.05) is 0 Å². The van der Waals surface area contributed by atoms with Crippen LogP contribution in [0, 0.1) is 0 Å². The molecule has 0 unspecified atom stereocenters. The fourth-order valence-electron chi connectivity index (χ4n) is 4.93. The van der Waals surface area contributed by atoms with E-state index < -0.39 is 107 Å². The minimum absolute atomic E-state index is 0. The molecule has 0 spiro atoms. The van der Waals surface area contributed by atoms with Gasteiger partial charge in [-0.3, -0.25) is 14.3 Å². The Bertz CT molecular complexity index is 3110. The van der Waals surface area contributed by atoms with Crippen LogP contribution in [-0.4, -0.2) is 85.6 Å². The summed E-state index contributed by atoms with van der Waals surface area (Å²) < 4.78 is 147. The number of phenolic OH excluding ortho intramolecular Hbond substituents is 1. The maximum absolute atomic E-state index is 12.8. The van der Waals surface area contributed by atoms with Gasteiger partial charge in [-0.1, -0.05) is 0 Å². The van der Waals surface area contributed by atoms with E-state index in [1.165, 1.54) is 0 Å². The first kappa shape index (κ1) is 69.4. The predicted molar refractivity (Wildman–Crippen MR) is 210 cm³/mol. The molecule has 1 heterocycles. The van der Waals surface area contributed by atoms with E-state index in [0.717, 1.165) is 48.5 Å². The van der Waals surface area contributed by atoms with E-state index in [9.17, 15) is 63.0 Å². The minimum Gasteiger partial charge on any atom is -0.747 e. The van der Waals surface area contributed by atoms with Gasteiger partial charge >= 0.3 is 148 Å². The number of benzene rings is 4. The number of hydrogen-bond donors (Lipinski definition) is 3. The van der Waals surface area contributed by atoms with Crippen molar-refractivity contribution in [3.63, 3.8) is 0 Å². The third-order valence-electron chi connectivity index (χ3n) is 7.48. The molecule has 0 aliphatic heterocycles. The first-order valence-corrected chi connectivity index (χ1v) is 24.2. The quantitative estimate of drug-likeness (QED) is 0.0117. The number of nitrogens with zero attached hydrogens (tertiary/aromatic N) is 7. The molecule has 0 radical (unpaired) electrons. The van der Waals surface area contributed by atoms with Crippen LogP contribution in [0.15, 0.2) is 94.6 Å². The summed E-state index contributed by atoms with van der Waals surface area (Å²) in [5, 5.41) is 57.8. The monoisotopic (exact) mass is 1160 g/mol. The summed E-state index contributed by atoms with van der Waals surface area (Å²) in [6, 6.07) is 8.13. The molecule has 0 saturated carbocycles. The zero-order valence-corrected chi connectivity index (χ0v) is 51.9. The van der Waals surface area contributed by atoms with Gasteiger partial charge in [-0.15, -0.1) is 24.8 Å². The molecule has 5 rings (SSSR count). The summed E-state index contributed by atoms with van der Waals surface area (Å²) in [4.78, 5) is 7.89. The SMILES string of the molecule is O=S(=O)([O-])CNc1ccc2c(O)c(N=Nc3cc(Nc4nc(Cl)nc(Cl)n4)ccc3S(=O)(=O)[O-])c(SOO[O-])cc2c1N=Nc1ccc(S(=O)(=O)CCOSOO[O-])cc1S(=O)(=O)[O-].[Na+].[Na+].[Na+].[Na+].[Na+]. The molecule has 28 nitrogen and oxygen atoms in total. The van der Waals surface area contributed by atoms with Crippen LogP contribution in [0.4, 0.5) is 40.1 Å². The zero-order valence-electron chi connectivity index (χ0n) is 35.4. The number of fused-ring (bicyclic) bond motifs is 1. The number of nitrogens with one attached hydrogen (secondary N) is 2. The molecule has 3 N–H and O–H groups in total. The number of halogens is 2. The van der Waals surface area contributed by atoms with Crippen LogP contribution in [-0.2, 0) is 63.1 Å². The molecule has 0 saturated heterocycles. The Labute approximate surface area is 519 Å². The van der Waals surface area contributed by atoms with Crippen LogP contribution in [0.5, 0.6) is 5.75 Å². The van der Waals surface area contributed by atoms with Gasteiger partial charge in [-0.25, -0.2) is 33.7 Å². The number of aromatic hydroxyl groups is 1. The average molecular weight is 1160 g/mol. The van der Waals surface area contributed by atoms with Gasteiger partial charge in [-0.2, -0.15) is 19.3 Å². The Kier molecular flexibility index (Phi) is 31.0. The molecule has 0 aliphatic rings. The first-order valence-electron chi connectivity index (χ1n) is 16.0. The number of azo groups is 2. The van der Waals surface area contributed by atoms with Gasteiger partial charge in [0.25, 0.3) is 0 Å². The Morgan fingerprint density at radius 2 is 1.29 bits per heavy atom. The largest absolute Gasteiger partial charge is 1.00 e. The molecule has 0 fully saturated rings. The van der Waals surface area contributed by atoms with Gasteiger partial charge in [-0.05, 0) is 77.8 Å². The van der Waals surface area contributed by atoms with Gasteiger partial charge < -0.3 is 39.9 Å². The summed E-state index contributed by atoms with van der Waals surface area (Å²) in [5.41, 5.74) is -2.93. The fraction of sp³-hybridized carbons (Fsp3) is 0.107. The van der Waals surface area contributed by atoms with Crippen LogP contribution in [0.2, 0.25) is 10.6 Å². The van der Waals surface area contributed by atoms with Crippen LogP contribution in [0.25, 0.3) is 10.8 Å². The zero-order chi connectivity index (χ0) is 47.0. The molecule has 344 valence electrons. The summed E-state index contributed by atoms with van der Waals surface area (Å²) in [6.45, 7) is -0.613. The van der Waals surface area contributed by atoms with E-state index in [0.29, 0.717) is 6.07 Å². The average Bonchev–Trinajstić information content (AvgIpc) is 3.19. The molecular formula is C28H18Cl2N9Na5O19S6. The first-order chi connectivity index (χ1) is 30.0. The van der Waals surface area contributed by atoms with Crippen molar-refractivity contribution in [2.75, 3.05) is 28.9 Å². The smallest absolute Gasteiger partial charge is 0.747 e. The maximum atomic E-state index is 12.8. The molecule has 0 aliphatic carbocycles. The van der Waals surface area contributed by atoms with E-state index in [1.54, 1.807) is 0 Å². The molecule has 1 aromatic heterocycles. The molecule has 41 heteroatoms. The summed E-state index contributed by atoms with van der Waals surface area (Å²) in [7, 11) is -20.2. The van der Waals surface area contributed by atoms with Crippen LogP contribution in [0.1, 0.15) is 0 Å². The molecule has 69 heavy (non-hydrogen) atoms. The number of phenols is 1. The number of hydrogen-bond acceptors (Lipinski definition) is 30. The van der Waals surface area contributed by atoms with Crippen molar-refractivity contribution in [1.82, 2.24) is 15.0 Å². The topological polar surface area (TPSA) is 430 Å². The predicted octanol–water partition coefficient (Wildman–Crippen LogP) is -11.8. The van der Waals surface area contributed by atoms with Crippen molar-refractivity contribution in [2.24, 2.45) is 20.5 Å². The Balaban J connectivity index is 0.00000925. The van der Waals surface area contributed by atoms with Crippen molar-refractivity contribution < 1.29 is 234 Å². The van der Waals surface area contributed by atoms with Crippen molar-refractivity contribution in [3.8, 4) is 5.75 Å². The standard InChI is InChI=1S/C28H23Cl2N9O19S6.5Na/c29-26-33-27(30)35-28(34-26)32-13-1-6-21(63(48,49)50)19(9-13)37-39-24-20(59-57-55-41)11-16-15(25(24)40)3-5-18(31-12-62(45,46)47)23(16)38-36-17-4-2-14(10-22(17)64(51,52)53)61(43,44)8-7-54-60-58-56-42;;;;;/h1-6,9-11,31,40-42H,7-8,12H2,(H,45,46,47)(H,48,49,50)(H,51,52,53)(H,32,33,34,35);;;;;/q;5*+1/p-5. The molecule has 0 atom stereocenters. The van der Waals surface area contributed by atoms with Gasteiger partial charge in [0, 0.05) is 16.5 Å². The number of sulfone groups is 1. The molecule has 0 amide bonds. The van der Waals surface area contributed by atoms with Gasteiger partial charge in [0.2, 0.25) is 16.5 Å². The molecule has 5 aromatic rings. The van der Waals surface area contributed by atoms with E-state index in [2.05, 4.69) is 69.0 Å². The Morgan fingerprint density at radius 3 is 1.88 bits per heavy atom. The Hall–Kier alpha value is 0.430. The third kappa shape index (κ3) is 20.5. The number of anilines is 3. The van der Waals surface area contributed by atoms with E-state index in [-0.39, 0.29) is 211 Å². The minimum atomic E-state index is -5.55. The second-order valence-corrected chi connectivity index (χ2v) is 19.7. The van der Waals surface area contributed by atoms with Crippen molar-refractivity contribution in [1.29, 1.82) is 0 Å². The van der Waals surface area contributed by atoms with E-state index >= 15 is 0 Å². The van der Waals surface area contributed by atoms with Crippen LogP contribution in [0.3, 0.4) is 0 Å². The normalized spacial score (nSPS) is 11.8. The van der Waals surface area contributed by atoms with Gasteiger partial charge in [0.05, 0.1) is 49.7 Å². The van der Waals surface area contributed by atoms with Gasteiger partial charge in [0.1, 0.15) is 59.0 Å². The number of rotatable bonds is 21. The van der Waals surface area contributed by atoms with Crippen molar-refractivity contribution in [2.45, 2.75) is 19.6 Å². The van der Waals surface area contributed by atoms with Crippen molar-refractivity contribution in [3.05, 3.63) is 65.2 Å². The number of aromatic nitrogens is 3. The second kappa shape index (κ2) is 30.8. The second-order valence-electron chi connectivity index (χ2n) is 11.5.